The van der Waals surface area contributed by atoms with E-state index < -0.39 is 0 Å². The molecule has 0 radical (unpaired) electrons. The van der Waals surface area contributed by atoms with Gasteiger partial charge in [0.25, 0.3) is 5.82 Å². The van der Waals surface area contributed by atoms with Crippen LogP contribution in [0.1, 0.15) is 43.9 Å². The van der Waals surface area contributed by atoms with Crippen molar-refractivity contribution in [1.29, 1.82) is 0 Å². The number of quaternary nitrogens is 1. The van der Waals surface area contributed by atoms with Crippen LogP contribution in [0.2, 0.25) is 0 Å². The molecule has 1 fully saturated rings. The summed E-state index contributed by atoms with van der Waals surface area (Å²) in [6, 6.07) is 12.5. The van der Waals surface area contributed by atoms with E-state index in [-0.39, 0.29) is 4.65 Å². The molecule has 1 aromatic carbocycles. The number of hydroxylamine groups is 3. The highest BCUT2D eigenvalue weighted by Gasteiger charge is 2.32. The molecule has 0 bridgehead atoms. The number of hydrogen-bond acceptors (Lipinski definition) is 3. The van der Waals surface area contributed by atoms with Crippen molar-refractivity contribution in [2.24, 2.45) is 0 Å². The molecule has 150 valence electrons. The molecule has 0 amide bonds. The van der Waals surface area contributed by atoms with Gasteiger partial charge in [-0.25, -0.2) is 9.63 Å². The molecule has 0 spiro atoms. The van der Waals surface area contributed by atoms with Crippen LogP contribution in [0.5, 0.6) is 0 Å². The van der Waals surface area contributed by atoms with Gasteiger partial charge in [-0.05, 0) is 37.3 Å². The smallest absolute Gasteiger partial charge is 0.280 e. The molecule has 0 atom stereocenters. The Labute approximate surface area is 168 Å². The first-order valence-electron chi connectivity index (χ1n) is 10.8. The summed E-state index contributed by atoms with van der Waals surface area (Å²) in [4.78, 5) is 2.13. The molecule has 0 N–H and O–H groups in total. The molecule has 1 aliphatic carbocycles. The summed E-state index contributed by atoms with van der Waals surface area (Å²) < 4.78 is 1.04. The maximum absolute atomic E-state index is 13.4. The Balaban J connectivity index is 1.78. The van der Waals surface area contributed by atoms with Crippen molar-refractivity contribution in [2.75, 3.05) is 37.6 Å². The predicted molar refractivity (Wildman–Crippen MR) is 113 cm³/mol. The summed E-state index contributed by atoms with van der Waals surface area (Å²) in [5.74, 6) is 0.723. The molecular weight excluding hydrogens is 350 g/mol. The maximum Gasteiger partial charge on any atom is 0.280 e. The zero-order valence-corrected chi connectivity index (χ0v) is 16.9. The second kappa shape index (κ2) is 8.10. The van der Waals surface area contributed by atoms with E-state index in [2.05, 4.69) is 35.2 Å². The number of piperazine rings is 1. The van der Waals surface area contributed by atoms with Gasteiger partial charge in [0, 0.05) is 18.1 Å². The summed E-state index contributed by atoms with van der Waals surface area (Å²) in [6.07, 6.45) is 6.46. The van der Waals surface area contributed by atoms with Crippen LogP contribution in [0.15, 0.2) is 36.4 Å². The summed E-state index contributed by atoms with van der Waals surface area (Å²) >= 11 is 0. The average Bonchev–Trinajstić information content (AvgIpc) is 2.70. The first-order valence-corrected chi connectivity index (χ1v) is 10.8. The van der Waals surface area contributed by atoms with Crippen LogP contribution in [0.3, 0.4) is 0 Å². The number of anilines is 1. The fourth-order valence-corrected chi connectivity index (χ4v) is 4.64. The van der Waals surface area contributed by atoms with Gasteiger partial charge in [0.1, 0.15) is 31.9 Å². The van der Waals surface area contributed by atoms with E-state index in [0.717, 1.165) is 37.2 Å². The van der Waals surface area contributed by atoms with E-state index in [1.165, 1.54) is 34.3 Å². The van der Waals surface area contributed by atoms with Gasteiger partial charge in [-0.3, -0.25) is 0 Å². The van der Waals surface area contributed by atoms with E-state index >= 15 is 0 Å². The molecule has 1 aliphatic heterocycles. The quantitative estimate of drug-likeness (QED) is 0.462. The highest BCUT2D eigenvalue weighted by molar-refractivity contribution is 5.70. The van der Waals surface area contributed by atoms with Gasteiger partial charge in [0.05, 0.1) is 6.54 Å². The number of likely N-dealkylation sites (N-methyl/N-ethyl adjacent to an activating group) is 1. The molecule has 2 aliphatic rings. The van der Waals surface area contributed by atoms with E-state index in [9.17, 15) is 10.4 Å². The van der Waals surface area contributed by atoms with Crippen LogP contribution in [0, 0.1) is 10.4 Å². The highest BCUT2D eigenvalue weighted by Crippen LogP contribution is 2.32. The highest BCUT2D eigenvalue weighted by atomic mass is 16.5. The first-order chi connectivity index (χ1) is 13.6. The molecule has 0 saturated carbocycles. The SMILES string of the molecule is CC[N+]1([O-])CCN(c2cc(-c3ccccc3)c3c([n+]2[O-])CCCCCC3)CC1. The normalized spacial score (nSPS) is 19.6. The number of aromatic nitrogens is 1. The number of fused-ring (bicyclic) bond motifs is 1. The minimum Gasteiger partial charge on any atom is -0.710 e. The lowest BCUT2D eigenvalue weighted by atomic mass is 9.90. The lowest BCUT2D eigenvalue weighted by Gasteiger charge is -2.45. The third-order valence-electron chi connectivity index (χ3n) is 6.53. The summed E-state index contributed by atoms with van der Waals surface area (Å²) in [7, 11) is 0. The third kappa shape index (κ3) is 3.74. The molecule has 2 heterocycles. The van der Waals surface area contributed by atoms with E-state index in [0.29, 0.717) is 32.7 Å². The van der Waals surface area contributed by atoms with Crippen molar-refractivity contribution >= 4 is 5.82 Å². The van der Waals surface area contributed by atoms with E-state index in [1.807, 2.05) is 13.0 Å². The Morgan fingerprint density at radius 2 is 1.68 bits per heavy atom. The number of nitrogens with zero attached hydrogens (tertiary/aromatic N) is 3. The maximum atomic E-state index is 13.4. The molecular formula is C23H31N3O2. The van der Waals surface area contributed by atoms with Gasteiger partial charge in [0.15, 0.2) is 0 Å². The summed E-state index contributed by atoms with van der Waals surface area (Å²) in [5.41, 5.74) is 4.55. The Kier molecular flexibility index (Phi) is 5.56. The zero-order chi connectivity index (χ0) is 19.6. The number of hydrogen-bond donors (Lipinski definition) is 0. The molecule has 0 unspecified atom stereocenters. The Bertz CT molecular complexity index is 814. The van der Waals surface area contributed by atoms with Gasteiger partial charge in [-0.15, -0.1) is 0 Å². The third-order valence-corrected chi connectivity index (χ3v) is 6.53. The standard InChI is InChI=1S/C23H31N3O2/c1-2-26(28)16-14-24(15-17-26)23-18-21(19-10-6-5-7-11-19)20-12-8-3-4-9-13-22(20)25(23)27/h5-7,10-11,18H,2-4,8-9,12-17H2,1H3. The topological polar surface area (TPSA) is 53.2 Å². The van der Waals surface area contributed by atoms with Gasteiger partial charge in [-0.1, -0.05) is 43.2 Å². The lowest BCUT2D eigenvalue weighted by molar-refractivity contribution is -0.879. The van der Waals surface area contributed by atoms with Crippen molar-refractivity contribution in [3.8, 4) is 11.1 Å². The van der Waals surface area contributed by atoms with Crippen molar-refractivity contribution in [1.82, 2.24) is 0 Å². The van der Waals surface area contributed by atoms with Crippen LogP contribution in [0.25, 0.3) is 11.1 Å². The van der Waals surface area contributed by atoms with Crippen LogP contribution in [-0.4, -0.2) is 37.4 Å². The zero-order valence-electron chi connectivity index (χ0n) is 16.9. The average molecular weight is 382 g/mol. The number of pyridine rings is 1. The Morgan fingerprint density at radius 1 is 1.00 bits per heavy atom. The first kappa shape index (κ1) is 19.2. The van der Waals surface area contributed by atoms with Crippen LogP contribution < -0.4 is 9.63 Å². The van der Waals surface area contributed by atoms with Gasteiger partial charge < -0.3 is 15.1 Å². The van der Waals surface area contributed by atoms with Crippen LogP contribution in [-0.2, 0) is 12.8 Å². The summed E-state index contributed by atoms with van der Waals surface area (Å²) in [5, 5.41) is 26.0. The second-order valence-electron chi connectivity index (χ2n) is 8.22. The van der Waals surface area contributed by atoms with Crippen LogP contribution in [0.4, 0.5) is 5.82 Å². The van der Waals surface area contributed by atoms with Gasteiger partial charge in [-0.2, -0.15) is 0 Å². The minimum atomic E-state index is -0.147. The van der Waals surface area contributed by atoms with Crippen molar-refractivity contribution in [3.63, 3.8) is 0 Å². The van der Waals surface area contributed by atoms with Gasteiger partial charge in [0.2, 0.25) is 0 Å². The predicted octanol–water partition coefficient (Wildman–Crippen LogP) is 3.80. The van der Waals surface area contributed by atoms with Crippen molar-refractivity contribution in [2.45, 2.75) is 45.4 Å². The molecule has 1 saturated heterocycles. The van der Waals surface area contributed by atoms with E-state index in [4.69, 9.17) is 0 Å². The Hall–Kier alpha value is -2.11. The molecule has 2 aromatic rings. The van der Waals surface area contributed by atoms with E-state index in [1.54, 1.807) is 0 Å². The van der Waals surface area contributed by atoms with Gasteiger partial charge >= 0.3 is 0 Å². The van der Waals surface area contributed by atoms with Crippen LogP contribution >= 0.6 is 0 Å². The number of benzene rings is 1. The number of rotatable bonds is 3. The molecule has 5 nitrogen and oxygen atoms in total. The summed E-state index contributed by atoms with van der Waals surface area (Å²) in [6.45, 7) is 4.95. The molecule has 28 heavy (non-hydrogen) atoms. The second-order valence-corrected chi connectivity index (χ2v) is 8.22. The molecule has 5 heteroatoms. The lowest BCUT2D eigenvalue weighted by Crippen LogP contribution is -2.58. The monoisotopic (exact) mass is 381 g/mol. The minimum absolute atomic E-state index is 0.147. The van der Waals surface area contributed by atoms with Crippen molar-refractivity contribution < 1.29 is 9.38 Å². The fraction of sp³-hybridized carbons (Fsp3) is 0.522. The molecule has 1 aromatic heterocycles. The fourth-order valence-electron chi connectivity index (χ4n) is 4.64. The molecule has 4 rings (SSSR count). The van der Waals surface area contributed by atoms with Crippen molar-refractivity contribution in [3.05, 3.63) is 58.1 Å². The Morgan fingerprint density at radius 3 is 2.36 bits per heavy atom. The largest absolute Gasteiger partial charge is 0.710 e.